The second-order valence-corrected chi connectivity index (χ2v) is 9.20. The predicted octanol–water partition coefficient (Wildman–Crippen LogP) is 3.25. The Kier molecular flexibility index (Phi) is 4.97. The molecule has 1 aromatic heterocycles. The molecule has 162 valence electrons. The number of thioether (sulfide) groups is 1. The normalized spacial score (nSPS) is 22.4. The fraction of sp³-hybridized carbons (Fsp3) is 0.217. The van der Waals surface area contributed by atoms with Crippen molar-refractivity contribution in [3.05, 3.63) is 54.7 Å². The molecule has 1 aliphatic carbocycles. The molecular weight excluding hydrogens is 430 g/mol. The summed E-state index contributed by atoms with van der Waals surface area (Å²) in [6.07, 6.45) is 2.28. The third-order valence-corrected chi connectivity index (χ3v) is 6.94. The summed E-state index contributed by atoms with van der Waals surface area (Å²) in [4.78, 5) is 53.6. The first kappa shape index (κ1) is 20.3. The van der Waals surface area contributed by atoms with E-state index in [-0.39, 0.29) is 24.1 Å². The smallest absolute Gasteiger partial charge is 0.307 e. The molecule has 3 aromatic rings. The second-order valence-electron chi connectivity index (χ2n) is 7.93. The standard InChI is InChI=1S/C23H19N3O5S/c27-20-11-19(22(29)26(20)14-4-1-12-7-8-24-18(12)9-14)32-15-5-2-13(3-6-15)25-21(28)16-10-17(16)23(30)31/h1-9,16-17,19,24H,10-11H2,(H,25,28)(H,30,31). The van der Waals surface area contributed by atoms with Crippen LogP contribution in [0.25, 0.3) is 10.9 Å². The largest absolute Gasteiger partial charge is 0.481 e. The fourth-order valence-electron chi connectivity index (χ4n) is 3.92. The van der Waals surface area contributed by atoms with Gasteiger partial charge in [0.1, 0.15) is 0 Å². The van der Waals surface area contributed by atoms with Crippen molar-refractivity contribution in [1.29, 1.82) is 0 Å². The molecule has 9 heteroatoms. The van der Waals surface area contributed by atoms with Gasteiger partial charge in [-0.2, -0.15) is 0 Å². The molecular formula is C23H19N3O5S. The van der Waals surface area contributed by atoms with Gasteiger partial charge < -0.3 is 15.4 Å². The molecule has 2 heterocycles. The van der Waals surface area contributed by atoms with Crippen molar-refractivity contribution < 1.29 is 24.3 Å². The number of rotatable bonds is 6. The topological polar surface area (TPSA) is 120 Å². The van der Waals surface area contributed by atoms with Crippen molar-refractivity contribution in [2.24, 2.45) is 11.8 Å². The molecule has 0 radical (unpaired) electrons. The van der Waals surface area contributed by atoms with E-state index in [2.05, 4.69) is 10.3 Å². The molecule has 0 spiro atoms. The van der Waals surface area contributed by atoms with Crippen LogP contribution in [0.5, 0.6) is 0 Å². The van der Waals surface area contributed by atoms with Crippen LogP contribution in [0.3, 0.4) is 0 Å². The monoisotopic (exact) mass is 449 g/mol. The van der Waals surface area contributed by atoms with E-state index in [1.165, 1.54) is 16.7 Å². The number of amides is 3. The minimum absolute atomic E-state index is 0.114. The molecule has 3 amide bonds. The minimum Gasteiger partial charge on any atom is -0.481 e. The number of carbonyl (C=O) groups excluding carboxylic acids is 3. The average molecular weight is 449 g/mol. The molecule has 1 aliphatic heterocycles. The Labute approximate surface area is 187 Å². The van der Waals surface area contributed by atoms with Crippen molar-refractivity contribution in [3.8, 4) is 0 Å². The summed E-state index contributed by atoms with van der Waals surface area (Å²) in [6, 6.07) is 14.3. The first-order valence-electron chi connectivity index (χ1n) is 10.1. The van der Waals surface area contributed by atoms with E-state index in [1.807, 2.05) is 18.3 Å². The van der Waals surface area contributed by atoms with Crippen LogP contribution in [-0.2, 0) is 19.2 Å². The maximum Gasteiger partial charge on any atom is 0.307 e. The number of carboxylic acid groups (broad SMARTS) is 1. The number of carboxylic acids is 1. The molecule has 3 atom stereocenters. The summed E-state index contributed by atoms with van der Waals surface area (Å²) < 4.78 is 0. The Hall–Kier alpha value is -3.59. The lowest BCUT2D eigenvalue weighted by Gasteiger charge is -2.15. The summed E-state index contributed by atoms with van der Waals surface area (Å²) in [5.74, 6) is -2.83. The van der Waals surface area contributed by atoms with E-state index in [4.69, 9.17) is 5.11 Å². The zero-order valence-electron chi connectivity index (χ0n) is 16.8. The summed E-state index contributed by atoms with van der Waals surface area (Å²) in [6.45, 7) is 0. The van der Waals surface area contributed by atoms with Crippen molar-refractivity contribution in [2.75, 3.05) is 10.2 Å². The zero-order chi connectivity index (χ0) is 22.4. The predicted molar refractivity (Wildman–Crippen MR) is 119 cm³/mol. The van der Waals surface area contributed by atoms with Crippen LogP contribution in [0, 0.1) is 11.8 Å². The lowest BCUT2D eigenvalue weighted by atomic mass is 10.2. The third kappa shape index (κ3) is 3.75. The Morgan fingerprint density at radius 2 is 1.84 bits per heavy atom. The van der Waals surface area contributed by atoms with Crippen LogP contribution in [0.1, 0.15) is 12.8 Å². The van der Waals surface area contributed by atoms with Crippen LogP contribution in [0.4, 0.5) is 11.4 Å². The Bertz CT molecular complexity index is 1250. The third-order valence-electron chi connectivity index (χ3n) is 5.75. The molecule has 2 aliphatic rings. The maximum absolute atomic E-state index is 12.9. The minimum atomic E-state index is -0.950. The van der Waals surface area contributed by atoms with Crippen molar-refractivity contribution in [2.45, 2.75) is 23.0 Å². The highest BCUT2D eigenvalue weighted by atomic mass is 32.2. The number of fused-ring (bicyclic) bond motifs is 1. The molecule has 3 unspecified atom stereocenters. The lowest BCUT2D eigenvalue weighted by molar-refractivity contribution is -0.139. The number of carbonyl (C=O) groups is 4. The zero-order valence-corrected chi connectivity index (χ0v) is 17.6. The number of hydrogen-bond donors (Lipinski definition) is 3. The number of benzene rings is 2. The van der Waals surface area contributed by atoms with Gasteiger partial charge in [-0.25, -0.2) is 4.90 Å². The summed E-state index contributed by atoms with van der Waals surface area (Å²) >= 11 is 1.31. The van der Waals surface area contributed by atoms with Gasteiger partial charge in [0.15, 0.2) is 0 Å². The van der Waals surface area contributed by atoms with Gasteiger partial charge in [0.2, 0.25) is 17.7 Å². The number of aliphatic carboxylic acids is 1. The van der Waals surface area contributed by atoms with Gasteiger partial charge in [-0.05, 0) is 54.3 Å². The first-order chi connectivity index (χ1) is 15.4. The molecule has 1 saturated heterocycles. The highest BCUT2D eigenvalue weighted by Crippen LogP contribution is 2.40. The van der Waals surface area contributed by atoms with Gasteiger partial charge in [-0.1, -0.05) is 6.07 Å². The summed E-state index contributed by atoms with van der Waals surface area (Å²) in [7, 11) is 0. The fourth-order valence-corrected chi connectivity index (χ4v) is 4.97. The molecule has 8 nitrogen and oxygen atoms in total. The van der Waals surface area contributed by atoms with Gasteiger partial charge in [0.05, 0.1) is 22.8 Å². The molecule has 32 heavy (non-hydrogen) atoms. The molecule has 1 saturated carbocycles. The number of aromatic nitrogens is 1. The van der Waals surface area contributed by atoms with E-state index in [0.29, 0.717) is 17.8 Å². The molecule has 0 bridgehead atoms. The van der Waals surface area contributed by atoms with Gasteiger partial charge in [0.25, 0.3) is 0 Å². The van der Waals surface area contributed by atoms with Gasteiger partial charge >= 0.3 is 5.97 Å². The number of H-pyrrole nitrogens is 1. The SMILES string of the molecule is O=C(O)C1CC1C(=O)Nc1ccc(SC2CC(=O)N(c3ccc4cc[nH]c4c3)C2=O)cc1. The first-order valence-corrected chi connectivity index (χ1v) is 11.0. The highest BCUT2D eigenvalue weighted by molar-refractivity contribution is 8.00. The van der Waals surface area contributed by atoms with E-state index < -0.39 is 23.1 Å². The van der Waals surface area contributed by atoms with E-state index >= 15 is 0 Å². The van der Waals surface area contributed by atoms with Gasteiger partial charge in [0, 0.05) is 28.7 Å². The van der Waals surface area contributed by atoms with Crippen molar-refractivity contribution >= 4 is 57.7 Å². The van der Waals surface area contributed by atoms with Crippen LogP contribution in [0.15, 0.2) is 59.6 Å². The Balaban J connectivity index is 1.23. The number of imide groups is 1. The maximum atomic E-state index is 12.9. The van der Waals surface area contributed by atoms with Crippen molar-refractivity contribution in [1.82, 2.24) is 4.98 Å². The lowest BCUT2D eigenvalue weighted by Crippen LogP contribution is -2.31. The second kappa shape index (κ2) is 7.83. The molecule has 2 fully saturated rings. The Morgan fingerprint density at radius 3 is 2.56 bits per heavy atom. The molecule has 5 rings (SSSR count). The molecule has 2 aromatic carbocycles. The number of aromatic amines is 1. The van der Waals surface area contributed by atoms with E-state index in [1.54, 1.807) is 36.4 Å². The number of hydrogen-bond acceptors (Lipinski definition) is 5. The molecule has 3 N–H and O–H groups in total. The summed E-state index contributed by atoms with van der Waals surface area (Å²) in [5, 5.41) is 12.1. The van der Waals surface area contributed by atoms with Gasteiger partial charge in [-0.15, -0.1) is 11.8 Å². The average Bonchev–Trinajstić information content (AvgIpc) is 3.37. The van der Waals surface area contributed by atoms with Crippen LogP contribution < -0.4 is 10.2 Å². The quantitative estimate of drug-likeness (QED) is 0.497. The van der Waals surface area contributed by atoms with Crippen LogP contribution in [-0.4, -0.2) is 39.0 Å². The summed E-state index contributed by atoms with van der Waals surface area (Å²) in [5.41, 5.74) is 1.97. The van der Waals surface area contributed by atoms with E-state index in [9.17, 15) is 19.2 Å². The number of nitrogens with one attached hydrogen (secondary N) is 2. The van der Waals surface area contributed by atoms with Crippen LogP contribution >= 0.6 is 11.8 Å². The van der Waals surface area contributed by atoms with Crippen molar-refractivity contribution in [3.63, 3.8) is 0 Å². The highest BCUT2D eigenvalue weighted by Gasteiger charge is 2.48. The number of anilines is 2. The van der Waals surface area contributed by atoms with Crippen LogP contribution in [0.2, 0.25) is 0 Å². The van der Waals surface area contributed by atoms with Gasteiger partial charge in [-0.3, -0.25) is 19.2 Å². The number of nitrogens with zero attached hydrogens (tertiary/aromatic N) is 1. The van der Waals surface area contributed by atoms with E-state index in [0.717, 1.165) is 15.8 Å². The Morgan fingerprint density at radius 1 is 1.06 bits per heavy atom.